The summed E-state index contributed by atoms with van der Waals surface area (Å²) >= 11 is 0. The fourth-order valence-corrected chi connectivity index (χ4v) is 1.19. The van der Waals surface area contributed by atoms with Crippen molar-refractivity contribution in [2.75, 3.05) is 20.1 Å². The fraction of sp³-hybridized carbons (Fsp3) is 0.625. The lowest BCUT2D eigenvalue weighted by Gasteiger charge is -2.36. The molecule has 0 saturated carbocycles. The fourth-order valence-electron chi connectivity index (χ4n) is 1.19. The van der Waals surface area contributed by atoms with E-state index in [9.17, 15) is 0 Å². The minimum Gasteiger partial charge on any atom is -0.400 e. The van der Waals surface area contributed by atoms with Crippen LogP contribution < -0.4 is 0 Å². The quantitative estimate of drug-likeness (QED) is 0.393. The van der Waals surface area contributed by atoms with E-state index in [4.69, 9.17) is 4.74 Å². The van der Waals surface area contributed by atoms with Gasteiger partial charge >= 0.3 is 0 Å². The zero-order chi connectivity index (χ0) is 7.56. The van der Waals surface area contributed by atoms with Gasteiger partial charge in [0.1, 0.15) is 0 Å². The van der Waals surface area contributed by atoms with E-state index in [2.05, 4.69) is 25.5 Å². The van der Waals surface area contributed by atoms with Crippen molar-refractivity contribution in [2.45, 2.75) is 12.2 Å². The average molecular weight is 140 g/mol. The van der Waals surface area contributed by atoms with Gasteiger partial charge in [-0.05, 0) is 13.6 Å². The number of hydrogen-bond donors (Lipinski definition) is 0. The minimum absolute atomic E-state index is 0.0988. The van der Waals surface area contributed by atoms with Crippen LogP contribution in [0.15, 0.2) is 12.7 Å². The summed E-state index contributed by atoms with van der Waals surface area (Å²) in [7, 11) is 2.07. The number of ether oxygens (including phenoxy) is 1. The molecule has 1 aliphatic heterocycles. The largest absolute Gasteiger partial charge is 0.400 e. The molecule has 1 saturated heterocycles. The van der Waals surface area contributed by atoms with E-state index in [1.807, 2.05) is 6.08 Å². The first-order chi connectivity index (χ1) is 4.72. The predicted octanol–water partition coefficient (Wildman–Crippen LogP) is 0.706. The molecule has 1 aliphatic rings. The van der Waals surface area contributed by atoms with Crippen molar-refractivity contribution in [3.05, 3.63) is 19.6 Å². The summed E-state index contributed by atoms with van der Waals surface area (Å²) in [5.74, 6) is 0. The Morgan fingerprint density at radius 3 is 2.90 bits per heavy atom. The highest BCUT2D eigenvalue weighted by molar-refractivity contribution is 4.87. The normalized spacial score (nSPS) is 35.8. The van der Waals surface area contributed by atoms with Crippen LogP contribution in [0.4, 0.5) is 0 Å². The standard InChI is InChI=1S/C8H14NO/c1-4-8-6-9(3)5-7(2)10-8/h4,7-8H,1-2,5-6H2,3H3/q-1. The van der Waals surface area contributed by atoms with Crippen LogP contribution >= 0.6 is 0 Å². The van der Waals surface area contributed by atoms with Gasteiger partial charge in [0, 0.05) is 6.54 Å². The molecule has 1 fully saturated rings. The number of likely N-dealkylation sites (N-methyl/N-ethyl adjacent to an activating group) is 1. The topological polar surface area (TPSA) is 12.5 Å². The highest BCUT2D eigenvalue weighted by Crippen LogP contribution is 2.08. The summed E-state index contributed by atoms with van der Waals surface area (Å²) in [5.41, 5.74) is 0. The van der Waals surface area contributed by atoms with Gasteiger partial charge in [0.15, 0.2) is 0 Å². The molecule has 0 aromatic carbocycles. The van der Waals surface area contributed by atoms with E-state index in [-0.39, 0.29) is 12.2 Å². The van der Waals surface area contributed by atoms with Crippen LogP contribution in [-0.4, -0.2) is 37.2 Å². The van der Waals surface area contributed by atoms with E-state index in [1.165, 1.54) is 0 Å². The summed E-state index contributed by atoms with van der Waals surface area (Å²) in [6.07, 6.45) is 2.09. The van der Waals surface area contributed by atoms with Gasteiger partial charge in [-0.3, -0.25) is 0 Å². The Labute approximate surface area is 62.5 Å². The molecule has 2 atom stereocenters. The monoisotopic (exact) mass is 140 g/mol. The smallest absolute Gasteiger partial charge is 0.0848 e. The molecule has 0 bridgehead atoms. The first-order valence-corrected chi connectivity index (χ1v) is 3.52. The zero-order valence-electron chi connectivity index (χ0n) is 6.42. The first kappa shape index (κ1) is 7.76. The maximum absolute atomic E-state index is 5.44. The molecule has 0 N–H and O–H groups in total. The average Bonchev–Trinajstić information content (AvgIpc) is 1.85. The summed E-state index contributed by atoms with van der Waals surface area (Å²) in [5, 5.41) is 0. The Kier molecular flexibility index (Phi) is 2.46. The third-order valence-electron chi connectivity index (χ3n) is 1.64. The van der Waals surface area contributed by atoms with E-state index in [0.29, 0.717) is 0 Å². The molecule has 0 spiro atoms. The van der Waals surface area contributed by atoms with Crippen molar-refractivity contribution < 1.29 is 4.74 Å². The van der Waals surface area contributed by atoms with Gasteiger partial charge < -0.3 is 16.6 Å². The van der Waals surface area contributed by atoms with Gasteiger partial charge in [-0.2, -0.15) is 0 Å². The van der Waals surface area contributed by atoms with E-state index in [1.54, 1.807) is 0 Å². The Morgan fingerprint density at radius 2 is 2.40 bits per heavy atom. The van der Waals surface area contributed by atoms with Gasteiger partial charge in [-0.25, -0.2) is 0 Å². The summed E-state index contributed by atoms with van der Waals surface area (Å²) in [4.78, 5) is 2.20. The van der Waals surface area contributed by atoms with Gasteiger partial charge in [-0.1, -0.05) is 12.2 Å². The molecule has 2 unspecified atom stereocenters. The minimum atomic E-state index is 0.0988. The number of rotatable bonds is 1. The summed E-state index contributed by atoms with van der Waals surface area (Å²) in [6, 6.07) is 0. The molecule has 2 heteroatoms. The Morgan fingerprint density at radius 1 is 1.70 bits per heavy atom. The lowest BCUT2D eigenvalue weighted by atomic mass is 10.2. The number of morpholine rings is 1. The van der Waals surface area contributed by atoms with Crippen LogP contribution in [0.2, 0.25) is 0 Å². The van der Waals surface area contributed by atoms with Crippen molar-refractivity contribution in [3.63, 3.8) is 0 Å². The van der Waals surface area contributed by atoms with Crippen molar-refractivity contribution in [2.24, 2.45) is 0 Å². The lowest BCUT2D eigenvalue weighted by Crippen LogP contribution is -2.43. The molecule has 0 aromatic rings. The molecule has 0 aromatic heterocycles. The molecule has 1 rings (SSSR count). The van der Waals surface area contributed by atoms with Crippen molar-refractivity contribution in [1.29, 1.82) is 0 Å². The summed E-state index contributed by atoms with van der Waals surface area (Å²) < 4.78 is 5.44. The Balaban J connectivity index is 2.42. The van der Waals surface area contributed by atoms with Crippen LogP contribution in [-0.2, 0) is 4.74 Å². The van der Waals surface area contributed by atoms with Gasteiger partial charge in [0.05, 0.1) is 6.10 Å². The molecule has 1 heterocycles. The second kappa shape index (κ2) is 3.17. The maximum atomic E-state index is 5.44. The van der Waals surface area contributed by atoms with E-state index >= 15 is 0 Å². The third kappa shape index (κ3) is 1.82. The summed E-state index contributed by atoms with van der Waals surface area (Å²) in [6.45, 7) is 9.37. The van der Waals surface area contributed by atoms with E-state index in [0.717, 1.165) is 13.1 Å². The molecule has 58 valence electrons. The van der Waals surface area contributed by atoms with Crippen molar-refractivity contribution in [1.82, 2.24) is 4.90 Å². The van der Waals surface area contributed by atoms with E-state index < -0.39 is 0 Å². The van der Waals surface area contributed by atoms with Crippen LogP contribution in [0.5, 0.6) is 0 Å². The molecular formula is C8H14NO-. The third-order valence-corrected chi connectivity index (χ3v) is 1.64. The second-order valence-corrected chi connectivity index (χ2v) is 2.75. The van der Waals surface area contributed by atoms with Crippen molar-refractivity contribution >= 4 is 0 Å². The Bertz CT molecular complexity index is 114. The van der Waals surface area contributed by atoms with Crippen LogP contribution in [0, 0.1) is 6.92 Å². The SMILES string of the molecule is C=CC1CN(C)CC([CH2-])O1. The van der Waals surface area contributed by atoms with Gasteiger partial charge in [0.2, 0.25) is 0 Å². The molecule has 0 radical (unpaired) electrons. The van der Waals surface area contributed by atoms with Crippen molar-refractivity contribution in [3.8, 4) is 0 Å². The highest BCUT2D eigenvalue weighted by atomic mass is 16.5. The van der Waals surface area contributed by atoms with Crippen LogP contribution in [0.1, 0.15) is 0 Å². The predicted molar refractivity (Wildman–Crippen MR) is 41.7 cm³/mol. The Hall–Kier alpha value is -0.340. The van der Waals surface area contributed by atoms with Gasteiger partial charge in [-0.15, -0.1) is 6.58 Å². The second-order valence-electron chi connectivity index (χ2n) is 2.75. The number of hydrogen-bond acceptors (Lipinski definition) is 2. The number of nitrogens with zero attached hydrogens (tertiary/aromatic N) is 1. The molecule has 0 amide bonds. The maximum Gasteiger partial charge on any atom is 0.0848 e. The van der Waals surface area contributed by atoms with Crippen LogP contribution in [0.3, 0.4) is 0 Å². The lowest BCUT2D eigenvalue weighted by molar-refractivity contribution is -0.0339. The molecule has 2 nitrogen and oxygen atoms in total. The molecule has 0 aliphatic carbocycles. The van der Waals surface area contributed by atoms with Crippen LogP contribution in [0.25, 0.3) is 0 Å². The zero-order valence-corrected chi connectivity index (χ0v) is 6.42. The van der Waals surface area contributed by atoms with Gasteiger partial charge in [0.25, 0.3) is 0 Å². The molecule has 10 heavy (non-hydrogen) atoms. The first-order valence-electron chi connectivity index (χ1n) is 3.52. The molecular weight excluding hydrogens is 126 g/mol. The highest BCUT2D eigenvalue weighted by Gasteiger charge is 2.15.